The molecule has 2 rings (SSSR count). The second kappa shape index (κ2) is 9.03. The van der Waals surface area contributed by atoms with Gasteiger partial charge in [0.15, 0.2) is 0 Å². The van der Waals surface area contributed by atoms with Crippen molar-refractivity contribution in [2.75, 3.05) is 13.7 Å². The van der Waals surface area contributed by atoms with E-state index in [9.17, 15) is 14.3 Å². The molecular formula is C19H23FN2O3. The predicted molar refractivity (Wildman–Crippen MR) is 94.1 cm³/mol. The van der Waals surface area contributed by atoms with Crippen molar-refractivity contribution in [3.63, 3.8) is 0 Å². The molecule has 0 aliphatic carbocycles. The van der Waals surface area contributed by atoms with Crippen LogP contribution in [0.1, 0.15) is 24.1 Å². The number of urea groups is 1. The number of hydrogen-bond donors (Lipinski definition) is 3. The summed E-state index contributed by atoms with van der Waals surface area (Å²) in [6, 6.07) is 12.6. The third-order valence-electron chi connectivity index (χ3n) is 3.89. The number of methoxy groups -OCH3 is 1. The fourth-order valence-corrected chi connectivity index (χ4v) is 2.67. The second-order valence-electron chi connectivity index (χ2n) is 5.76. The number of aliphatic hydroxyl groups is 1. The van der Waals surface area contributed by atoms with Crippen LogP contribution in [-0.2, 0) is 6.42 Å². The van der Waals surface area contributed by atoms with E-state index < -0.39 is 23.9 Å². The zero-order valence-corrected chi connectivity index (χ0v) is 14.3. The highest BCUT2D eigenvalue weighted by molar-refractivity contribution is 5.75. The number of amides is 2. The van der Waals surface area contributed by atoms with Gasteiger partial charge in [0, 0.05) is 0 Å². The van der Waals surface area contributed by atoms with Crippen LogP contribution >= 0.6 is 0 Å². The first kappa shape index (κ1) is 18.7. The minimum atomic E-state index is -0.591. The second-order valence-corrected chi connectivity index (χ2v) is 5.76. The zero-order valence-electron chi connectivity index (χ0n) is 14.3. The molecule has 0 saturated carbocycles. The fraction of sp³-hybridized carbons (Fsp3) is 0.316. The van der Waals surface area contributed by atoms with Crippen LogP contribution in [0.3, 0.4) is 0 Å². The standard InChI is InChI=1S/C19H23FN2O3/c1-13(18-16(20)9-6-10-17(18)25-2)21-19(24)22-15(12-23)11-14-7-4-3-5-8-14/h3-10,13,15,23H,11-12H2,1-2H3,(H2,21,22,24). The summed E-state index contributed by atoms with van der Waals surface area (Å²) in [4.78, 5) is 12.2. The molecular weight excluding hydrogens is 323 g/mol. The molecule has 0 fully saturated rings. The van der Waals surface area contributed by atoms with E-state index in [1.807, 2.05) is 30.3 Å². The highest BCUT2D eigenvalue weighted by Crippen LogP contribution is 2.27. The van der Waals surface area contributed by atoms with Crippen molar-refractivity contribution in [1.82, 2.24) is 10.6 Å². The van der Waals surface area contributed by atoms with E-state index in [-0.39, 0.29) is 12.2 Å². The van der Waals surface area contributed by atoms with Gasteiger partial charge < -0.3 is 20.5 Å². The van der Waals surface area contributed by atoms with Crippen molar-refractivity contribution in [2.45, 2.75) is 25.4 Å². The lowest BCUT2D eigenvalue weighted by molar-refractivity contribution is 0.213. The molecule has 0 saturated heterocycles. The van der Waals surface area contributed by atoms with E-state index >= 15 is 0 Å². The Morgan fingerprint density at radius 2 is 1.88 bits per heavy atom. The number of nitrogens with one attached hydrogen (secondary N) is 2. The van der Waals surface area contributed by atoms with E-state index in [0.29, 0.717) is 12.2 Å². The van der Waals surface area contributed by atoms with Gasteiger partial charge in [-0.05, 0) is 31.0 Å². The van der Waals surface area contributed by atoms with Crippen LogP contribution in [0.4, 0.5) is 9.18 Å². The summed E-state index contributed by atoms with van der Waals surface area (Å²) in [7, 11) is 1.45. The predicted octanol–water partition coefficient (Wildman–Crippen LogP) is 2.80. The van der Waals surface area contributed by atoms with E-state index in [1.165, 1.54) is 13.2 Å². The number of hydrogen-bond acceptors (Lipinski definition) is 3. The van der Waals surface area contributed by atoms with Gasteiger partial charge in [-0.3, -0.25) is 0 Å². The normalized spacial score (nSPS) is 13.0. The maximum absolute atomic E-state index is 14.1. The summed E-state index contributed by atoms with van der Waals surface area (Å²) >= 11 is 0. The zero-order chi connectivity index (χ0) is 18.2. The third-order valence-corrected chi connectivity index (χ3v) is 3.89. The molecule has 2 aromatic carbocycles. The van der Waals surface area contributed by atoms with E-state index in [1.54, 1.807) is 19.1 Å². The number of ether oxygens (including phenoxy) is 1. The molecule has 2 amide bonds. The molecule has 0 bridgehead atoms. The smallest absolute Gasteiger partial charge is 0.315 e. The van der Waals surface area contributed by atoms with E-state index in [0.717, 1.165) is 5.56 Å². The van der Waals surface area contributed by atoms with Crippen molar-refractivity contribution >= 4 is 6.03 Å². The van der Waals surface area contributed by atoms with Gasteiger partial charge in [0.25, 0.3) is 0 Å². The van der Waals surface area contributed by atoms with Gasteiger partial charge in [-0.15, -0.1) is 0 Å². The van der Waals surface area contributed by atoms with Crippen molar-refractivity contribution in [1.29, 1.82) is 0 Å². The Hall–Kier alpha value is -2.60. The van der Waals surface area contributed by atoms with Crippen LogP contribution in [-0.4, -0.2) is 30.9 Å². The monoisotopic (exact) mass is 346 g/mol. The van der Waals surface area contributed by atoms with Crippen LogP contribution in [0, 0.1) is 5.82 Å². The summed E-state index contributed by atoms with van der Waals surface area (Å²) in [6.07, 6.45) is 0.502. The number of halogens is 1. The average molecular weight is 346 g/mol. The summed E-state index contributed by atoms with van der Waals surface area (Å²) in [5, 5.41) is 14.9. The summed E-state index contributed by atoms with van der Waals surface area (Å²) in [5.41, 5.74) is 1.29. The first-order valence-electron chi connectivity index (χ1n) is 8.09. The molecule has 25 heavy (non-hydrogen) atoms. The third kappa shape index (κ3) is 5.19. The Morgan fingerprint density at radius 3 is 2.52 bits per heavy atom. The molecule has 0 radical (unpaired) electrons. The van der Waals surface area contributed by atoms with Gasteiger partial charge in [-0.25, -0.2) is 9.18 Å². The topological polar surface area (TPSA) is 70.6 Å². The lowest BCUT2D eigenvalue weighted by Gasteiger charge is -2.21. The van der Waals surface area contributed by atoms with Gasteiger partial charge in [-0.1, -0.05) is 36.4 Å². The van der Waals surface area contributed by atoms with Crippen molar-refractivity contribution in [2.24, 2.45) is 0 Å². The molecule has 0 aromatic heterocycles. The Bertz CT molecular complexity index is 694. The van der Waals surface area contributed by atoms with Gasteiger partial charge in [0.1, 0.15) is 11.6 Å². The fourth-order valence-electron chi connectivity index (χ4n) is 2.67. The molecule has 3 N–H and O–H groups in total. The summed E-state index contributed by atoms with van der Waals surface area (Å²) in [6.45, 7) is 1.48. The summed E-state index contributed by atoms with van der Waals surface area (Å²) in [5.74, 6) is -0.0778. The minimum absolute atomic E-state index is 0.195. The molecule has 2 atom stereocenters. The molecule has 0 heterocycles. The highest BCUT2D eigenvalue weighted by Gasteiger charge is 2.19. The van der Waals surface area contributed by atoms with Crippen LogP contribution < -0.4 is 15.4 Å². The first-order chi connectivity index (χ1) is 12.0. The Balaban J connectivity index is 1.99. The lowest BCUT2D eigenvalue weighted by atomic mass is 10.1. The highest BCUT2D eigenvalue weighted by atomic mass is 19.1. The molecule has 0 aliphatic heterocycles. The van der Waals surface area contributed by atoms with Crippen molar-refractivity contribution in [3.8, 4) is 5.75 Å². The Kier molecular flexibility index (Phi) is 6.77. The van der Waals surface area contributed by atoms with Gasteiger partial charge >= 0.3 is 6.03 Å². The summed E-state index contributed by atoms with van der Waals surface area (Å²) < 4.78 is 19.2. The van der Waals surface area contributed by atoms with Crippen LogP contribution in [0.5, 0.6) is 5.75 Å². The molecule has 6 heteroatoms. The van der Waals surface area contributed by atoms with Crippen molar-refractivity contribution in [3.05, 3.63) is 65.5 Å². The van der Waals surface area contributed by atoms with Crippen LogP contribution in [0.2, 0.25) is 0 Å². The SMILES string of the molecule is COc1cccc(F)c1C(C)NC(=O)NC(CO)Cc1ccccc1. The van der Waals surface area contributed by atoms with E-state index in [2.05, 4.69) is 10.6 Å². The number of aliphatic hydroxyl groups excluding tert-OH is 1. The number of benzene rings is 2. The quantitative estimate of drug-likeness (QED) is 0.722. The average Bonchev–Trinajstić information content (AvgIpc) is 2.61. The van der Waals surface area contributed by atoms with Gasteiger partial charge in [0.05, 0.1) is 31.4 Å². The maximum atomic E-state index is 14.1. The van der Waals surface area contributed by atoms with Gasteiger partial charge in [-0.2, -0.15) is 0 Å². The number of rotatable bonds is 7. The van der Waals surface area contributed by atoms with Crippen LogP contribution in [0.25, 0.3) is 0 Å². The first-order valence-corrected chi connectivity index (χ1v) is 8.09. The van der Waals surface area contributed by atoms with Crippen molar-refractivity contribution < 1.29 is 19.0 Å². The van der Waals surface area contributed by atoms with Gasteiger partial charge in [0.2, 0.25) is 0 Å². The van der Waals surface area contributed by atoms with Crippen LogP contribution in [0.15, 0.2) is 48.5 Å². The maximum Gasteiger partial charge on any atom is 0.315 e. The molecule has 134 valence electrons. The Labute approximate surface area is 146 Å². The Morgan fingerprint density at radius 1 is 1.16 bits per heavy atom. The molecule has 0 spiro atoms. The molecule has 5 nitrogen and oxygen atoms in total. The number of carbonyl (C=O) groups is 1. The minimum Gasteiger partial charge on any atom is -0.496 e. The van der Waals surface area contributed by atoms with E-state index in [4.69, 9.17) is 4.74 Å². The molecule has 2 unspecified atom stereocenters. The molecule has 2 aromatic rings. The lowest BCUT2D eigenvalue weighted by Crippen LogP contribution is -2.45. The number of carbonyl (C=O) groups excluding carboxylic acids is 1. The largest absolute Gasteiger partial charge is 0.496 e. The molecule has 0 aliphatic rings.